The van der Waals surface area contributed by atoms with Gasteiger partial charge in [0, 0.05) is 30.8 Å². The first-order valence-corrected chi connectivity index (χ1v) is 7.29. The van der Waals surface area contributed by atoms with E-state index in [0.717, 1.165) is 35.9 Å². The Morgan fingerprint density at radius 3 is 3.00 bits per heavy atom. The Morgan fingerprint density at radius 1 is 1.36 bits per heavy atom. The lowest BCUT2D eigenvalue weighted by Gasteiger charge is -2.25. The summed E-state index contributed by atoms with van der Waals surface area (Å²) in [5.74, 6) is 3.14. The Bertz CT molecular complexity index is 675. The highest BCUT2D eigenvalue weighted by atomic mass is 16.5. The first-order valence-electron chi connectivity index (χ1n) is 7.29. The molecule has 1 aliphatic heterocycles. The Balaban J connectivity index is 1.74. The third kappa shape index (κ3) is 3.05. The summed E-state index contributed by atoms with van der Waals surface area (Å²) < 4.78 is 11.1. The number of nitrogens with one attached hydrogen (secondary N) is 1. The second-order valence-corrected chi connectivity index (χ2v) is 5.41. The van der Waals surface area contributed by atoms with Gasteiger partial charge in [-0.1, -0.05) is 6.07 Å². The maximum atomic E-state index is 5.87. The van der Waals surface area contributed by atoms with Crippen molar-refractivity contribution in [1.29, 1.82) is 0 Å². The van der Waals surface area contributed by atoms with Gasteiger partial charge in [0.25, 0.3) is 0 Å². The first-order chi connectivity index (χ1) is 10.7. The minimum Gasteiger partial charge on any atom is -0.497 e. The van der Waals surface area contributed by atoms with E-state index in [1.54, 1.807) is 7.11 Å². The normalized spacial score (nSPS) is 16.5. The molecule has 1 atom stereocenters. The van der Waals surface area contributed by atoms with Crippen LogP contribution < -0.4 is 20.5 Å². The second-order valence-electron chi connectivity index (χ2n) is 5.41. The zero-order chi connectivity index (χ0) is 15.5. The van der Waals surface area contributed by atoms with Crippen LogP contribution in [-0.2, 0) is 12.8 Å². The van der Waals surface area contributed by atoms with Gasteiger partial charge in [0.2, 0.25) is 5.95 Å². The molecule has 0 saturated heterocycles. The average molecular weight is 300 g/mol. The molecule has 3 N–H and O–H groups in total. The van der Waals surface area contributed by atoms with Crippen LogP contribution in [0, 0.1) is 5.92 Å². The largest absolute Gasteiger partial charge is 0.497 e. The van der Waals surface area contributed by atoms with Crippen molar-refractivity contribution in [3.8, 4) is 11.5 Å². The van der Waals surface area contributed by atoms with Crippen molar-refractivity contribution < 1.29 is 9.47 Å². The Hall–Kier alpha value is -2.50. The molecule has 6 nitrogen and oxygen atoms in total. The molecule has 3 rings (SSSR count). The minimum atomic E-state index is 0.295. The number of rotatable bonds is 4. The molecule has 0 radical (unpaired) electrons. The van der Waals surface area contributed by atoms with Gasteiger partial charge in [0.05, 0.1) is 13.7 Å². The van der Waals surface area contributed by atoms with Crippen molar-refractivity contribution in [3.63, 3.8) is 0 Å². The molecule has 0 fully saturated rings. The van der Waals surface area contributed by atoms with Crippen LogP contribution in [0.2, 0.25) is 0 Å². The maximum Gasteiger partial charge on any atom is 0.222 e. The average Bonchev–Trinajstić information content (AvgIpc) is 2.53. The summed E-state index contributed by atoms with van der Waals surface area (Å²) in [6, 6.07) is 7.90. The number of aromatic nitrogens is 2. The molecule has 1 aromatic heterocycles. The van der Waals surface area contributed by atoms with E-state index in [4.69, 9.17) is 15.2 Å². The van der Waals surface area contributed by atoms with Crippen molar-refractivity contribution >= 4 is 11.8 Å². The summed E-state index contributed by atoms with van der Waals surface area (Å²) in [5, 5.41) is 3.00. The van der Waals surface area contributed by atoms with Gasteiger partial charge in [0.1, 0.15) is 17.3 Å². The molecule has 1 aliphatic rings. The zero-order valence-electron chi connectivity index (χ0n) is 12.8. The predicted octanol–water partition coefficient (Wildman–Crippen LogP) is 1.90. The van der Waals surface area contributed by atoms with Gasteiger partial charge >= 0.3 is 0 Å². The molecule has 2 heterocycles. The number of anilines is 2. The van der Waals surface area contributed by atoms with Gasteiger partial charge in [-0.05, 0) is 24.5 Å². The molecule has 0 aliphatic carbocycles. The summed E-state index contributed by atoms with van der Waals surface area (Å²) in [5.41, 5.74) is 7.88. The van der Waals surface area contributed by atoms with E-state index in [1.165, 1.54) is 5.56 Å². The van der Waals surface area contributed by atoms with E-state index in [1.807, 2.05) is 25.2 Å². The summed E-state index contributed by atoms with van der Waals surface area (Å²) in [6.45, 7) is 0.666. The van der Waals surface area contributed by atoms with Gasteiger partial charge in [-0.25, -0.2) is 4.98 Å². The molecule has 0 unspecified atom stereocenters. The van der Waals surface area contributed by atoms with E-state index >= 15 is 0 Å². The topological polar surface area (TPSA) is 82.3 Å². The molecular formula is C16H20N4O2. The minimum absolute atomic E-state index is 0.295. The van der Waals surface area contributed by atoms with E-state index in [-0.39, 0.29) is 0 Å². The van der Waals surface area contributed by atoms with Crippen LogP contribution in [0.25, 0.3) is 0 Å². The molecular weight excluding hydrogens is 280 g/mol. The number of methoxy groups -OCH3 is 1. The number of ether oxygens (including phenoxy) is 2. The van der Waals surface area contributed by atoms with E-state index in [9.17, 15) is 0 Å². The zero-order valence-corrected chi connectivity index (χ0v) is 12.8. The van der Waals surface area contributed by atoms with E-state index in [2.05, 4.69) is 21.4 Å². The fourth-order valence-corrected chi connectivity index (χ4v) is 2.72. The highest BCUT2D eigenvalue weighted by molar-refractivity contribution is 5.43. The summed E-state index contributed by atoms with van der Waals surface area (Å²) in [7, 11) is 3.48. The maximum absolute atomic E-state index is 5.87. The lowest BCUT2D eigenvalue weighted by Crippen LogP contribution is -2.23. The van der Waals surface area contributed by atoms with Gasteiger partial charge in [0.15, 0.2) is 0 Å². The predicted molar refractivity (Wildman–Crippen MR) is 85.4 cm³/mol. The van der Waals surface area contributed by atoms with Crippen LogP contribution in [0.4, 0.5) is 11.8 Å². The number of hydrogen-bond acceptors (Lipinski definition) is 6. The molecule has 22 heavy (non-hydrogen) atoms. The van der Waals surface area contributed by atoms with Crippen LogP contribution >= 0.6 is 0 Å². The first kappa shape index (κ1) is 14.4. The molecule has 2 aromatic rings. The van der Waals surface area contributed by atoms with Gasteiger partial charge in [-0.15, -0.1) is 0 Å². The molecule has 0 amide bonds. The van der Waals surface area contributed by atoms with Crippen molar-refractivity contribution in [2.24, 2.45) is 5.92 Å². The Morgan fingerprint density at radius 2 is 2.23 bits per heavy atom. The third-order valence-electron chi connectivity index (χ3n) is 3.81. The van der Waals surface area contributed by atoms with Crippen LogP contribution in [0.5, 0.6) is 11.5 Å². The van der Waals surface area contributed by atoms with Crippen molar-refractivity contribution in [3.05, 3.63) is 35.5 Å². The number of fused-ring (bicyclic) bond motifs is 1. The van der Waals surface area contributed by atoms with Crippen LogP contribution in [0.1, 0.15) is 11.3 Å². The van der Waals surface area contributed by atoms with Crippen molar-refractivity contribution in [2.45, 2.75) is 12.8 Å². The van der Waals surface area contributed by atoms with E-state index in [0.29, 0.717) is 18.5 Å². The fraction of sp³-hybridized carbons (Fsp3) is 0.375. The molecule has 116 valence electrons. The molecule has 6 heteroatoms. The molecule has 1 aromatic carbocycles. The van der Waals surface area contributed by atoms with Crippen LogP contribution in [0.3, 0.4) is 0 Å². The quantitative estimate of drug-likeness (QED) is 0.897. The monoisotopic (exact) mass is 300 g/mol. The fourth-order valence-electron chi connectivity index (χ4n) is 2.72. The third-order valence-corrected chi connectivity index (χ3v) is 3.81. The van der Waals surface area contributed by atoms with Crippen LogP contribution in [0.15, 0.2) is 24.3 Å². The van der Waals surface area contributed by atoms with Gasteiger partial charge in [-0.3, -0.25) is 0 Å². The van der Waals surface area contributed by atoms with Crippen molar-refractivity contribution in [2.75, 3.05) is 31.8 Å². The number of nitrogens with two attached hydrogens (primary N) is 1. The Labute approximate surface area is 129 Å². The van der Waals surface area contributed by atoms with E-state index < -0.39 is 0 Å². The highest BCUT2D eigenvalue weighted by Gasteiger charge is 2.21. The van der Waals surface area contributed by atoms with Crippen molar-refractivity contribution in [1.82, 2.24) is 9.97 Å². The number of nitrogen functional groups attached to an aromatic ring is 1. The number of hydrogen-bond donors (Lipinski definition) is 2. The summed E-state index contributed by atoms with van der Waals surface area (Å²) in [4.78, 5) is 8.42. The Kier molecular flexibility index (Phi) is 4.00. The lowest BCUT2D eigenvalue weighted by atomic mass is 9.92. The molecule has 0 spiro atoms. The second kappa shape index (κ2) is 6.09. The standard InChI is InChI=1S/C16H20N4O2/c1-18-15-7-12(19-16(17)20-15)6-10-5-11-3-4-13(21-2)8-14(11)22-9-10/h3-4,7-8,10H,5-6,9H2,1-2H3,(H3,17,18,19,20)/t10-/m1/s1. The SMILES string of the molecule is CNc1cc(C[C@@H]2COc3cc(OC)ccc3C2)nc(N)n1. The van der Waals surface area contributed by atoms with Crippen LogP contribution in [-0.4, -0.2) is 30.7 Å². The number of nitrogens with zero attached hydrogens (tertiary/aromatic N) is 2. The lowest BCUT2D eigenvalue weighted by molar-refractivity contribution is 0.219. The smallest absolute Gasteiger partial charge is 0.222 e. The summed E-state index contributed by atoms with van der Waals surface area (Å²) in [6.07, 6.45) is 1.77. The molecule has 0 saturated carbocycles. The number of benzene rings is 1. The highest BCUT2D eigenvalue weighted by Crippen LogP contribution is 2.32. The van der Waals surface area contributed by atoms with Gasteiger partial charge in [-0.2, -0.15) is 4.98 Å². The summed E-state index contributed by atoms with van der Waals surface area (Å²) >= 11 is 0. The molecule has 0 bridgehead atoms. The van der Waals surface area contributed by atoms with Gasteiger partial charge < -0.3 is 20.5 Å².